The molecule has 0 aromatic heterocycles. The summed E-state index contributed by atoms with van der Waals surface area (Å²) in [5.74, 6) is -0.747. The van der Waals surface area contributed by atoms with Gasteiger partial charge in [0.05, 0.1) is 6.54 Å². The highest BCUT2D eigenvalue weighted by Gasteiger charge is 2.11. The molecule has 5 heteroatoms. The lowest BCUT2D eigenvalue weighted by Crippen LogP contribution is -2.40. The van der Waals surface area contributed by atoms with Gasteiger partial charge in [0.1, 0.15) is 0 Å². The minimum absolute atomic E-state index is 0.134. The van der Waals surface area contributed by atoms with Crippen LogP contribution in [-0.4, -0.2) is 85.7 Å². The van der Waals surface area contributed by atoms with Crippen molar-refractivity contribution in [3.63, 3.8) is 0 Å². The van der Waals surface area contributed by atoms with Crippen LogP contribution in [0.2, 0.25) is 0 Å². The van der Waals surface area contributed by atoms with Crippen molar-refractivity contribution in [2.45, 2.75) is 13.8 Å². The molecule has 0 bridgehead atoms. The second kappa shape index (κ2) is 9.39. The molecule has 0 heterocycles. The predicted molar refractivity (Wildman–Crippen MR) is 70.4 cm³/mol. The first-order chi connectivity index (χ1) is 7.99. The van der Waals surface area contributed by atoms with E-state index < -0.39 is 5.97 Å². The van der Waals surface area contributed by atoms with Crippen LogP contribution in [-0.2, 0) is 4.79 Å². The maximum Gasteiger partial charge on any atom is 0.317 e. The van der Waals surface area contributed by atoms with E-state index in [9.17, 15) is 4.79 Å². The van der Waals surface area contributed by atoms with Gasteiger partial charge >= 0.3 is 5.97 Å². The van der Waals surface area contributed by atoms with Crippen molar-refractivity contribution in [2.24, 2.45) is 0 Å². The van der Waals surface area contributed by atoms with Gasteiger partial charge < -0.3 is 14.9 Å². The van der Waals surface area contributed by atoms with Crippen molar-refractivity contribution >= 4 is 5.97 Å². The summed E-state index contributed by atoms with van der Waals surface area (Å²) in [5.41, 5.74) is 0. The highest BCUT2D eigenvalue weighted by molar-refractivity contribution is 5.69. The third kappa shape index (κ3) is 9.09. The molecule has 102 valence electrons. The molecule has 5 nitrogen and oxygen atoms in total. The number of carbonyl (C=O) groups is 1. The van der Waals surface area contributed by atoms with Gasteiger partial charge in [0.2, 0.25) is 0 Å². The first kappa shape index (κ1) is 16.4. The summed E-state index contributed by atoms with van der Waals surface area (Å²) in [6.45, 7) is 9.89. The Morgan fingerprint density at radius 3 is 1.82 bits per heavy atom. The number of nitrogens with zero attached hydrogens (tertiary/aromatic N) is 3. The van der Waals surface area contributed by atoms with Gasteiger partial charge in [-0.3, -0.25) is 9.69 Å². The highest BCUT2D eigenvalue weighted by atomic mass is 16.4. The average molecular weight is 245 g/mol. The summed E-state index contributed by atoms with van der Waals surface area (Å²) in [6, 6.07) is 0. The number of aliphatic carboxylic acids is 1. The molecular weight excluding hydrogens is 218 g/mol. The number of likely N-dealkylation sites (N-methyl/N-ethyl adjacent to an activating group) is 2. The molecule has 0 aliphatic carbocycles. The minimum Gasteiger partial charge on any atom is -0.480 e. The van der Waals surface area contributed by atoms with Crippen LogP contribution in [0.15, 0.2) is 0 Å². The standard InChI is InChI=1S/C12H27N3O2/c1-5-14(6-2)9-10-15(11-12(16)17)8-7-13(3)4/h5-11H2,1-4H3,(H,16,17). The van der Waals surface area contributed by atoms with Gasteiger partial charge in [-0.2, -0.15) is 0 Å². The van der Waals surface area contributed by atoms with Gasteiger partial charge in [-0.1, -0.05) is 13.8 Å². The largest absolute Gasteiger partial charge is 0.480 e. The summed E-state index contributed by atoms with van der Waals surface area (Å²) < 4.78 is 0. The zero-order valence-corrected chi connectivity index (χ0v) is 11.6. The molecule has 0 atom stereocenters. The molecule has 0 aliphatic rings. The van der Waals surface area contributed by atoms with Crippen LogP contribution in [0.5, 0.6) is 0 Å². The number of hydrogen-bond acceptors (Lipinski definition) is 4. The number of hydrogen-bond donors (Lipinski definition) is 1. The van der Waals surface area contributed by atoms with Gasteiger partial charge in [0, 0.05) is 26.2 Å². The molecule has 17 heavy (non-hydrogen) atoms. The lowest BCUT2D eigenvalue weighted by molar-refractivity contribution is -0.138. The summed E-state index contributed by atoms with van der Waals surface area (Å²) in [4.78, 5) is 17.2. The van der Waals surface area contributed by atoms with Crippen LogP contribution in [0.1, 0.15) is 13.8 Å². The highest BCUT2D eigenvalue weighted by Crippen LogP contribution is 1.93. The van der Waals surface area contributed by atoms with Gasteiger partial charge in [0.15, 0.2) is 0 Å². The van der Waals surface area contributed by atoms with Crippen LogP contribution in [0.4, 0.5) is 0 Å². The number of carboxylic acids is 1. The SMILES string of the molecule is CCN(CC)CCN(CCN(C)C)CC(=O)O. The molecule has 1 N–H and O–H groups in total. The fourth-order valence-corrected chi connectivity index (χ4v) is 1.63. The summed E-state index contributed by atoms with van der Waals surface area (Å²) >= 11 is 0. The summed E-state index contributed by atoms with van der Waals surface area (Å²) in [6.07, 6.45) is 0. The summed E-state index contributed by atoms with van der Waals surface area (Å²) in [5, 5.41) is 8.86. The number of rotatable bonds is 10. The van der Waals surface area contributed by atoms with E-state index in [1.807, 2.05) is 19.0 Å². The molecule has 0 saturated carbocycles. The molecule has 0 saturated heterocycles. The van der Waals surface area contributed by atoms with Gasteiger partial charge in [-0.05, 0) is 27.2 Å². The lowest BCUT2D eigenvalue weighted by atomic mass is 10.4. The first-order valence-corrected chi connectivity index (χ1v) is 6.30. The minimum atomic E-state index is -0.747. The maximum absolute atomic E-state index is 10.8. The van der Waals surface area contributed by atoms with Crippen molar-refractivity contribution < 1.29 is 9.90 Å². The lowest BCUT2D eigenvalue weighted by Gasteiger charge is -2.26. The fraction of sp³-hybridized carbons (Fsp3) is 0.917. The fourth-order valence-electron chi connectivity index (χ4n) is 1.63. The normalized spacial score (nSPS) is 11.7. The van der Waals surface area contributed by atoms with E-state index in [2.05, 4.69) is 23.6 Å². The van der Waals surface area contributed by atoms with Crippen molar-refractivity contribution in [2.75, 3.05) is 59.9 Å². The molecular formula is C12H27N3O2. The molecule has 0 unspecified atom stereocenters. The van der Waals surface area contributed by atoms with Crippen molar-refractivity contribution in [1.29, 1.82) is 0 Å². The quantitative estimate of drug-likeness (QED) is 0.599. The third-order valence-electron chi connectivity index (χ3n) is 2.85. The molecule has 0 spiro atoms. The van der Waals surface area contributed by atoms with E-state index in [1.54, 1.807) is 0 Å². The molecule has 0 radical (unpaired) electrons. The summed E-state index contributed by atoms with van der Waals surface area (Å²) in [7, 11) is 4.01. The van der Waals surface area contributed by atoms with E-state index in [0.717, 1.165) is 39.3 Å². The Morgan fingerprint density at radius 1 is 0.941 bits per heavy atom. The molecule has 0 rings (SSSR count). The second-order valence-electron chi connectivity index (χ2n) is 4.50. The smallest absolute Gasteiger partial charge is 0.317 e. The Bertz CT molecular complexity index is 206. The van der Waals surface area contributed by atoms with Crippen molar-refractivity contribution in [3.8, 4) is 0 Å². The Hall–Kier alpha value is -0.650. The van der Waals surface area contributed by atoms with Crippen LogP contribution in [0.25, 0.3) is 0 Å². The first-order valence-electron chi connectivity index (χ1n) is 6.30. The van der Waals surface area contributed by atoms with Crippen LogP contribution < -0.4 is 0 Å². The van der Waals surface area contributed by atoms with Crippen LogP contribution in [0.3, 0.4) is 0 Å². The zero-order chi connectivity index (χ0) is 13.3. The Labute approximate surface area is 105 Å². The van der Waals surface area contributed by atoms with E-state index in [4.69, 9.17) is 5.11 Å². The van der Waals surface area contributed by atoms with Gasteiger partial charge in [-0.15, -0.1) is 0 Å². The van der Waals surface area contributed by atoms with Crippen molar-refractivity contribution in [1.82, 2.24) is 14.7 Å². The zero-order valence-electron chi connectivity index (χ0n) is 11.6. The molecule has 0 aliphatic heterocycles. The predicted octanol–water partition coefficient (Wildman–Crippen LogP) is 0.276. The average Bonchev–Trinajstić information content (AvgIpc) is 2.26. The Kier molecular flexibility index (Phi) is 9.03. The number of carboxylic acid groups (broad SMARTS) is 1. The van der Waals surface area contributed by atoms with E-state index in [-0.39, 0.29) is 6.54 Å². The van der Waals surface area contributed by atoms with Crippen LogP contribution in [0, 0.1) is 0 Å². The van der Waals surface area contributed by atoms with Gasteiger partial charge in [-0.25, -0.2) is 0 Å². The van der Waals surface area contributed by atoms with Gasteiger partial charge in [0.25, 0.3) is 0 Å². The maximum atomic E-state index is 10.8. The Morgan fingerprint density at radius 2 is 1.41 bits per heavy atom. The second-order valence-corrected chi connectivity index (χ2v) is 4.50. The molecule has 0 amide bonds. The van der Waals surface area contributed by atoms with E-state index in [0.29, 0.717) is 0 Å². The third-order valence-corrected chi connectivity index (χ3v) is 2.85. The monoisotopic (exact) mass is 245 g/mol. The molecule has 0 aromatic carbocycles. The topological polar surface area (TPSA) is 47.0 Å². The van der Waals surface area contributed by atoms with Crippen LogP contribution >= 0.6 is 0 Å². The van der Waals surface area contributed by atoms with E-state index in [1.165, 1.54) is 0 Å². The van der Waals surface area contributed by atoms with Crippen molar-refractivity contribution in [3.05, 3.63) is 0 Å². The Balaban J connectivity index is 4.04. The molecule has 0 aromatic rings. The van der Waals surface area contributed by atoms with E-state index >= 15 is 0 Å². The molecule has 0 fully saturated rings.